The monoisotopic (exact) mass is 289 g/mol. The van der Waals surface area contributed by atoms with Crippen molar-refractivity contribution in [3.05, 3.63) is 35.4 Å². The molecule has 0 saturated heterocycles. The van der Waals surface area contributed by atoms with Gasteiger partial charge in [-0.3, -0.25) is 0 Å². The summed E-state index contributed by atoms with van der Waals surface area (Å²) in [5.41, 5.74) is 3.43. The molecular formula is C20H35N. The van der Waals surface area contributed by atoms with Crippen LogP contribution in [0.15, 0.2) is 24.3 Å². The van der Waals surface area contributed by atoms with E-state index in [1.165, 1.54) is 24.0 Å². The van der Waals surface area contributed by atoms with Crippen LogP contribution in [0.3, 0.4) is 0 Å². The van der Waals surface area contributed by atoms with Gasteiger partial charge in [0.15, 0.2) is 0 Å². The predicted octanol–water partition coefficient (Wildman–Crippen LogP) is 5.33. The molecule has 0 radical (unpaired) electrons. The lowest BCUT2D eigenvalue weighted by Crippen LogP contribution is -2.43. The van der Waals surface area contributed by atoms with Crippen molar-refractivity contribution in [2.24, 2.45) is 5.41 Å². The Morgan fingerprint density at radius 1 is 0.952 bits per heavy atom. The van der Waals surface area contributed by atoms with Gasteiger partial charge in [-0.1, -0.05) is 72.7 Å². The van der Waals surface area contributed by atoms with E-state index in [0.29, 0.717) is 11.5 Å². The molecule has 1 unspecified atom stereocenters. The highest BCUT2D eigenvalue weighted by molar-refractivity contribution is 5.28. The molecule has 0 fully saturated rings. The molecule has 1 aromatic rings. The largest absolute Gasteiger partial charge is 0.313 e. The third kappa shape index (κ3) is 5.47. The smallest absolute Gasteiger partial charge is 0.0158 e. The lowest BCUT2D eigenvalue weighted by molar-refractivity contribution is 0.230. The molecule has 0 saturated carbocycles. The van der Waals surface area contributed by atoms with E-state index in [1.54, 1.807) is 0 Å². The van der Waals surface area contributed by atoms with Gasteiger partial charge in [-0.25, -0.2) is 0 Å². The summed E-state index contributed by atoms with van der Waals surface area (Å²) in [5.74, 6) is 0. The van der Waals surface area contributed by atoms with Crippen LogP contribution in [-0.4, -0.2) is 12.6 Å². The second-order valence-corrected chi connectivity index (χ2v) is 8.00. The topological polar surface area (TPSA) is 12.0 Å². The van der Waals surface area contributed by atoms with Gasteiger partial charge in [-0.05, 0) is 47.8 Å². The van der Waals surface area contributed by atoms with Gasteiger partial charge in [0.25, 0.3) is 0 Å². The van der Waals surface area contributed by atoms with E-state index < -0.39 is 0 Å². The number of nitrogens with one attached hydrogen (secondary N) is 1. The van der Waals surface area contributed by atoms with Crippen LogP contribution < -0.4 is 5.32 Å². The van der Waals surface area contributed by atoms with Crippen molar-refractivity contribution >= 4 is 0 Å². The molecular weight excluding hydrogens is 254 g/mol. The first-order chi connectivity index (χ1) is 9.70. The first-order valence-corrected chi connectivity index (χ1v) is 8.53. The Morgan fingerprint density at radius 3 is 1.95 bits per heavy atom. The van der Waals surface area contributed by atoms with Crippen molar-refractivity contribution < 1.29 is 0 Å². The van der Waals surface area contributed by atoms with Gasteiger partial charge >= 0.3 is 0 Å². The van der Waals surface area contributed by atoms with Crippen LogP contribution in [0.25, 0.3) is 0 Å². The lowest BCUT2D eigenvalue weighted by atomic mass is 9.78. The third-order valence-electron chi connectivity index (χ3n) is 4.76. The average molecular weight is 290 g/mol. The van der Waals surface area contributed by atoms with Crippen molar-refractivity contribution in [2.75, 3.05) is 6.54 Å². The summed E-state index contributed by atoms with van der Waals surface area (Å²) in [5, 5.41) is 3.75. The highest BCUT2D eigenvalue weighted by atomic mass is 14.9. The van der Waals surface area contributed by atoms with E-state index in [2.05, 4.69) is 78.0 Å². The van der Waals surface area contributed by atoms with Gasteiger partial charge in [0.1, 0.15) is 0 Å². The van der Waals surface area contributed by atoms with E-state index >= 15 is 0 Å². The van der Waals surface area contributed by atoms with Crippen LogP contribution in [0.5, 0.6) is 0 Å². The Labute approximate surface area is 132 Å². The van der Waals surface area contributed by atoms with E-state index in [1.807, 2.05) is 0 Å². The fourth-order valence-corrected chi connectivity index (χ4v) is 2.57. The van der Waals surface area contributed by atoms with Crippen LogP contribution in [0, 0.1) is 5.41 Å². The Hall–Kier alpha value is -0.820. The maximum absolute atomic E-state index is 3.75. The van der Waals surface area contributed by atoms with Gasteiger partial charge in [-0.2, -0.15) is 0 Å². The van der Waals surface area contributed by atoms with Gasteiger partial charge in [-0.15, -0.1) is 0 Å². The fraction of sp³-hybridized carbons (Fsp3) is 0.700. The van der Waals surface area contributed by atoms with Gasteiger partial charge in [0.2, 0.25) is 0 Å². The summed E-state index contributed by atoms with van der Waals surface area (Å²) in [4.78, 5) is 0. The van der Waals surface area contributed by atoms with Crippen molar-refractivity contribution in [1.82, 2.24) is 5.32 Å². The number of hydrogen-bond donors (Lipinski definition) is 1. The van der Waals surface area contributed by atoms with Crippen LogP contribution >= 0.6 is 0 Å². The zero-order valence-electron chi connectivity index (χ0n) is 15.2. The molecule has 0 heterocycles. The highest BCUT2D eigenvalue weighted by Crippen LogP contribution is 2.28. The van der Waals surface area contributed by atoms with E-state index in [0.717, 1.165) is 13.0 Å². The lowest BCUT2D eigenvalue weighted by Gasteiger charge is -2.35. The zero-order chi connectivity index (χ0) is 16.1. The Balaban J connectivity index is 2.83. The first-order valence-electron chi connectivity index (χ1n) is 8.53. The molecule has 1 nitrogen and oxygen atoms in total. The molecule has 1 rings (SSSR count). The molecule has 120 valence electrons. The molecule has 0 spiro atoms. The summed E-state index contributed by atoms with van der Waals surface area (Å²) >= 11 is 0. The minimum Gasteiger partial charge on any atom is -0.313 e. The normalized spacial score (nSPS) is 14.2. The third-order valence-corrected chi connectivity index (χ3v) is 4.76. The number of hydrogen-bond acceptors (Lipinski definition) is 1. The Kier molecular flexibility index (Phi) is 6.46. The van der Waals surface area contributed by atoms with E-state index in [9.17, 15) is 0 Å². The molecule has 1 N–H and O–H groups in total. The summed E-state index contributed by atoms with van der Waals surface area (Å²) in [6.45, 7) is 17.2. The molecule has 0 aliphatic carbocycles. The summed E-state index contributed by atoms with van der Waals surface area (Å²) in [7, 11) is 0. The predicted molar refractivity (Wildman–Crippen MR) is 95.0 cm³/mol. The minimum absolute atomic E-state index is 0.237. The summed E-state index contributed by atoms with van der Waals surface area (Å²) < 4.78 is 0. The van der Waals surface area contributed by atoms with Crippen molar-refractivity contribution in [1.29, 1.82) is 0 Å². The van der Waals surface area contributed by atoms with Crippen LogP contribution in [0.2, 0.25) is 0 Å². The average Bonchev–Trinajstić information content (AvgIpc) is 2.42. The van der Waals surface area contributed by atoms with Crippen LogP contribution in [0.1, 0.15) is 72.4 Å². The molecule has 1 atom stereocenters. The second kappa shape index (κ2) is 7.45. The van der Waals surface area contributed by atoms with Crippen molar-refractivity contribution in [3.8, 4) is 0 Å². The molecule has 1 aromatic carbocycles. The summed E-state index contributed by atoms with van der Waals surface area (Å²) in [6, 6.07) is 9.76. The Bertz CT molecular complexity index is 408. The Morgan fingerprint density at radius 2 is 1.52 bits per heavy atom. The molecule has 1 heteroatoms. The summed E-state index contributed by atoms with van der Waals surface area (Å²) in [6.07, 6.45) is 3.51. The molecule has 0 bridgehead atoms. The van der Waals surface area contributed by atoms with Gasteiger partial charge in [0, 0.05) is 6.04 Å². The molecule has 0 amide bonds. The van der Waals surface area contributed by atoms with Crippen LogP contribution in [0.4, 0.5) is 0 Å². The highest BCUT2D eigenvalue weighted by Gasteiger charge is 2.27. The van der Waals surface area contributed by atoms with Crippen LogP contribution in [-0.2, 0) is 11.8 Å². The molecule has 0 aliphatic heterocycles. The fourth-order valence-electron chi connectivity index (χ4n) is 2.57. The number of benzene rings is 1. The van der Waals surface area contributed by atoms with E-state index in [4.69, 9.17) is 0 Å². The quantitative estimate of drug-likeness (QED) is 0.715. The SMILES string of the molecule is CCCNC(Cc1ccc(C(C)(C)C)cc1)C(C)(C)CC. The van der Waals surface area contributed by atoms with Gasteiger partial charge in [0.05, 0.1) is 0 Å². The second-order valence-electron chi connectivity index (χ2n) is 8.00. The minimum atomic E-state index is 0.237. The standard InChI is InChI=1S/C20H35N/c1-8-14-21-18(20(6,7)9-2)15-16-10-12-17(13-11-16)19(3,4)5/h10-13,18,21H,8-9,14-15H2,1-7H3. The van der Waals surface area contributed by atoms with Crippen molar-refractivity contribution in [3.63, 3.8) is 0 Å². The molecule has 0 aliphatic rings. The van der Waals surface area contributed by atoms with Gasteiger partial charge < -0.3 is 5.32 Å². The van der Waals surface area contributed by atoms with Crippen molar-refractivity contribution in [2.45, 2.75) is 79.2 Å². The number of rotatable bonds is 7. The molecule has 0 aromatic heterocycles. The zero-order valence-corrected chi connectivity index (χ0v) is 15.2. The maximum atomic E-state index is 3.75. The van der Waals surface area contributed by atoms with E-state index in [-0.39, 0.29) is 5.41 Å². The maximum Gasteiger partial charge on any atom is 0.0158 e. The first kappa shape index (κ1) is 18.2. The molecule has 21 heavy (non-hydrogen) atoms.